The fraction of sp³-hybridized carbons (Fsp3) is 0.321. The average Bonchev–Trinajstić information content (AvgIpc) is 3.61. The Balaban J connectivity index is 1.67. The van der Waals surface area contributed by atoms with Crippen LogP contribution in [0, 0.1) is 0 Å². The van der Waals surface area contributed by atoms with Crippen molar-refractivity contribution in [2.45, 2.75) is 50.6 Å². The van der Waals surface area contributed by atoms with Crippen molar-refractivity contribution in [3.8, 4) is 5.75 Å². The Kier molecular flexibility index (Phi) is 5.66. The number of nitrogens with one attached hydrogen (secondary N) is 1. The summed E-state index contributed by atoms with van der Waals surface area (Å²) in [6, 6.07) is 22.5. The van der Waals surface area contributed by atoms with Gasteiger partial charge in [-0.15, -0.1) is 0 Å². The minimum Gasteiger partial charge on any atom is -0.493 e. The number of amidine groups is 1. The van der Waals surface area contributed by atoms with Gasteiger partial charge in [-0.05, 0) is 92.6 Å². The lowest BCUT2D eigenvalue weighted by molar-refractivity contribution is 0.268. The Morgan fingerprint density at radius 2 is 1.52 bits per heavy atom. The summed E-state index contributed by atoms with van der Waals surface area (Å²) >= 11 is 12.4. The zero-order chi connectivity index (χ0) is 23.2. The molecule has 1 saturated carbocycles. The summed E-state index contributed by atoms with van der Waals surface area (Å²) in [5.74, 6) is 2.34. The lowest BCUT2D eigenvalue weighted by atomic mass is 9.72. The van der Waals surface area contributed by atoms with E-state index >= 15 is 0 Å². The molecule has 3 aromatic rings. The number of nitrogens with zero attached hydrogens (tertiary/aromatic N) is 1. The van der Waals surface area contributed by atoms with Crippen molar-refractivity contribution in [2.75, 3.05) is 6.61 Å². The van der Waals surface area contributed by atoms with Crippen molar-refractivity contribution < 1.29 is 4.74 Å². The van der Waals surface area contributed by atoms with E-state index < -0.39 is 11.1 Å². The number of halogens is 2. The van der Waals surface area contributed by atoms with Crippen molar-refractivity contribution in [2.24, 2.45) is 4.99 Å². The fourth-order valence-corrected chi connectivity index (χ4v) is 5.05. The van der Waals surface area contributed by atoms with Crippen LogP contribution in [-0.4, -0.2) is 12.4 Å². The monoisotopic (exact) mass is 478 g/mol. The Labute approximate surface area is 205 Å². The van der Waals surface area contributed by atoms with Crippen molar-refractivity contribution in [1.29, 1.82) is 0 Å². The third-order valence-corrected chi connectivity index (χ3v) is 7.62. The van der Waals surface area contributed by atoms with Gasteiger partial charge in [0.25, 0.3) is 0 Å². The molecule has 5 rings (SSSR count). The molecule has 0 aromatic heterocycles. The number of aliphatic imine (C=N–C) groups is 1. The van der Waals surface area contributed by atoms with E-state index in [1.165, 1.54) is 18.4 Å². The second-order valence-electron chi connectivity index (χ2n) is 9.26. The number of rotatable bonds is 6. The molecule has 1 heterocycles. The maximum Gasteiger partial charge on any atom is 0.133 e. The van der Waals surface area contributed by atoms with Gasteiger partial charge in [-0.1, -0.05) is 53.5 Å². The summed E-state index contributed by atoms with van der Waals surface area (Å²) in [6.45, 7) is 6.99. The molecule has 3 aromatic carbocycles. The first kappa shape index (κ1) is 22.3. The van der Waals surface area contributed by atoms with Crippen LogP contribution in [0.4, 0.5) is 0 Å². The van der Waals surface area contributed by atoms with E-state index in [9.17, 15) is 0 Å². The van der Waals surface area contributed by atoms with Crippen molar-refractivity contribution >= 4 is 29.0 Å². The molecule has 0 amide bonds. The number of hydrogen-bond acceptors (Lipinski definition) is 3. The maximum atomic E-state index is 6.22. The van der Waals surface area contributed by atoms with E-state index in [4.69, 9.17) is 32.9 Å². The first-order chi connectivity index (χ1) is 15.8. The lowest BCUT2D eigenvalue weighted by Gasteiger charge is -2.40. The highest BCUT2D eigenvalue weighted by atomic mass is 35.5. The Bertz CT molecular complexity index is 1200. The molecule has 33 heavy (non-hydrogen) atoms. The van der Waals surface area contributed by atoms with E-state index in [2.05, 4.69) is 61.6 Å². The first-order valence-electron chi connectivity index (χ1n) is 11.5. The van der Waals surface area contributed by atoms with Crippen LogP contribution in [0.3, 0.4) is 0 Å². The molecule has 0 spiro atoms. The van der Waals surface area contributed by atoms with Gasteiger partial charge < -0.3 is 10.1 Å². The van der Waals surface area contributed by atoms with E-state index in [0.29, 0.717) is 22.6 Å². The third kappa shape index (κ3) is 3.92. The van der Waals surface area contributed by atoms with Gasteiger partial charge in [0.2, 0.25) is 0 Å². The predicted octanol–water partition coefficient (Wildman–Crippen LogP) is 7.45. The Morgan fingerprint density at radius 3 is 2.09 bits per heavy atom. The van der Waals surface area contributed by atoms with Crippen LogP contribution < -0.4 is 10.1 Å². The molecule has 1 aliphatic carbocycles. The van der Waals surface area contributed by atoms with E-state index in [-0.39, 0.29) is 0 Å². The minimum atomic E-state index is -0.584. The van der Waals surface area contributed by atoms with Gasteiger partial charge in [-0.2, -0.15) is 0 Å². The highest BCUT2D eigenvalue weighted by Gasteiger charge is 2.52. The molecule has 1 aliphatic heterocycles. The molecule has 0 saturated heterocycles. The third-order valence-electron chi connectivity index (χ3n) is 7.11. The standard InChI is InChI=1S/C28H28Cl2N2O/c1-4-33-25-16-7-19(18-5-6-18)17-24(25)26-31-27(2,20-8-12-22(29)13-9-20)28(3,32-26)21-10-14-23(30)15-11-21/h7-18H,4-6H2,1-3H3,(H,31,32). The summed E-state index contributed by atoms with van der Waals surface area (Å²) in [7, 11) is 0. The number of hydrogen-bond donors (Lipinski definition) is 1. The highest BCUT2D eigenvalue weighted by Crippen LogP contribution is 2.49. The number of ether oxygens (including phenoxy) is 1. The molecule has 1 fully saturated rings. The van der Waals surface area contributed by atoms with Crippen LogP contribution in [0.2, 0.25) is 10.0 Å². The van der Waals surface area contributed by atoms with Gasteiger partial charge >= 0.3 is 0 Å². The van der Waals surface area contributed by atoms with Crippen LogP contribution in [-0.2, 0) is 11.1 Å². The number of benzene rings is 3. The SMILES string of the molecule is CCOc1ccc(C2CC2)cc1C1=NC(C)(c2ccc(Cl)cc2)C(C)(c2ccc(Cl)cc2)N1. The summed E-state index contributed by atoms with van der Waals surface area (Å²) < 4.78 is 6.03. The first-order valence-corrected chi connectivity index (χ1v) is 12.3. The van der Waals surface area contributed by atoms with Crippen LogP contribution in [0.15, 0.2) is 71.7 Å². The highest BCUT2D eigenvalue weighted by molar-refractivity contribution is 6.30. The smallest absolute Gasteiger partial charge is 0.133 e. The second kappa shape index (κ2) is 8.38. The molecule has 170 valence electrons. The maximum absolute atomic E-state index is 6.22. The van der Waals surface area contributed by atoms with Gasteiger partial charge in [0.1, 0.15) is 17.1 Å². The zero-order valence-corrected chi connectivity index (χ0v) is 20.7. The largest absolute Gasteiger partial charge is 0.493 e. The van der Waals surface area contributed by atoms with E-state index in [1.54, 1.807) is 0 Å². The van der Waals surface area contributed by atoms with E-state index in [0.717, 1.165) is 28.3 Å². The van der Waals surface area contributed by atoms with Gasteiger partial charge in [-0.25, -0.2) is 0 Å². The van der Waals surface area contributed by atoms with Crippen LogP contribution >= 0.6 is 23.2 Å². The normalized spacial score (nSPS) is 24.3. The molecule has 5 heteroatoms. The predicted molar refractivity (Wildman–Crippen MR) is 137 cm³/mol. The Hall–Kier alpha value is -2.49. The summed E-state index contributed by atoms with van der Waals surface area (Å²) in [5, 5.41) is 5.23. The van der Waals surface area contributed by atoms with Crippen LogP contribution in [0.25, 0.3) is 0 Å². The van der Waals surface area contributed by atoms with Crippen molar-refractivity contribution in [1.82, 2.24) is 5.32 Å². The fourth-order valence-electron chi connectivity index (χ4n) is 4.80. The summed E-state index contributed by atoms with van der Waals surface area (Å²) in [4.78, 5) is 5.36. The molecule has 2 atom stereocenters. The topological polar surface area (TPSA) is 33.6 Å². The van der Waals surface area contributed by atoms with Gasteiger partial charge in [-0.3, -0.25) is 4.99 Å². The lowest BCUT2D eigenvalue weighted by Crippen LogP contribution is -2.50. The second-order valence-corrected chi connectivity index (χ2v) is 10.1. The van der Waals surface area contributed by atoms with Gasteiger partial charge in [0, 0.05) is 10.0 Å². The van der Waals surface area contributed by atoms with Gasteiger partial charge in [0.15, 0.2) is 0 Å². The molecule has 0 radical (unpaired) electrons. The Morgan fingerprint density at radius 1 is 0.909 bits per heavy atom. The zero-order valence-electron chi connectivity index (χ0n) is 19.2. The summed E-state index contributed by atoms with van der Waals surface area (Å²) in [6.07, 6.45) is 2.50. The van der Waals surface area contributed by atoms with Crippen LogP contribution in [0.1, 0.15) is 61.8 Å². The van der Waals surface area contributed by atoms with Crippen molar-refractivity contribution in [3.05, 3.63) is 99.0 Å². The quantitative estimate of drug-likeness (QED) is 0.398. The van der Waals surface area contributed by atoms with Crippen LogP contribution in [0.5, 0.6) is 5.75 Å². The molecule has 1 N–H and O–H groups in total. The molecule has 2 aliphatic rings. The molecule has 2 unspecified atom stereocenters. The summed E-state index contributed by atoms with van der Waals surface area (Å²) in [5.41, 5.74) is 3.47. The molecule has 3 nitrogen and oxygen atoms in total. The molecule has 0 bridgehead atoms. The molecular weight excluding hydrogens is 451 g/mol. The minimum absolute atomic E-state index is 0.514. The molecular formula is C28H28Cl2N2O. The average molecular weight is 479 g/mol. The van der Waals surface area contributed by atoms with E-state index in [1.807, 2.05) is 31.2 Å². The van der Waals surface area contributed by atoms with Gasteiger partial charge in [0.05, 0.1) is 17.7 Å². The van der Waals surface area contributed by atoms with Crippen molar-refractivity contribution in [3.63, 3.8) is 0 Å².